The Balaban J connectivity index is 2.17. The van der Waals surface area contributed by atoms with E-state index in [1.165, 1.54) is 13.2 Å². The van der Waals surface area contributed by atoms with Crippen LogP contribution in [0, 0.1) is 10.1 Å². The summed E-state index contributed by atoms with van der Waals surface area (Å²) in [5.41, 5.74) is 1.62. The van der Waals surface area contributed by atoms with Gasteiger partial charge in [-0.3, -0.25) is 15.1 Å². The number of nitro benzene ring substituents is 1. The normalized spacial score (nSPS) is 11.9. The molecule has 3 rings (SSSR count). The second kappa shape index (κ2) is 10.7. The molecular formula is C27H28N2O5. The Morgan fingerprint density at radius 1 is 0.941 bits per heavy atom. The number of nitrogens with zero attached hydrogens (tertiary/aromatic N) is 2. The molecule has 0 saturated carbocycles. The fourth-order valence-electron chi connectivity index (χ4n) is 3.53. The van der Waals surface area contributed by atoms with Gasteiger partial charge in [0.15, 0.2) is 6.04 Å². The van der Waals surface area contributed by atoms with Gasteiger partial charge < -0.3 is 9.47 Å². The molecule has 0 heterocycles. The lowest BCUT2D eigenvalue weighted by molar-refractivity contribution is -0.385. The highest BCUT2D eigenvalue weighted by Crippen LogP contribution is 2.31. The van der Waals surface area contributed by atoms with Crippen LogP contribution in [0.25, 0.3) is 0 Å². The number of benzene rings is 3. The van der Waals surface area contributed by atoms with Gasteiger partial charge in [0.1, 0.15) is 11.4 Å². The summed E-state index contributed by atoms with van der Waals surface area (Å²) in [6.07, 6.45) is -0.0571. The number of methoxy groups -OCH3 is 1. The summed E-state index contributed by atoms with van der Waals surface area (Å²) in [4.78, 5) is 29.4. The fourth-order valence-corrected chi connectivity index (χ4v) is 3.53. The summed E-state index contributed by atoms with van der Waals surface area (Å²) in [6, 6.07) is 22.5. The maximum absolute atomic E-state index is 13.3. The summed E-state index contributed by atoms with van der Waals surface area (Å²) >= 11 is 0. The average molecular weight is 461 g/mol. The van der Waals surface area contributed by atoms with Crippen molar-refractivity contribution in [3.05, 3.63) is 106 Å². The summed E-state index contributed by atoms with van der Waals surface area (Å²) in [5.74, 6) is -0.254. The van der Waals surface area contributed by atoms with Crippen molar-refractivity contribution in [2.45, 2.75) is 38.8 Å². The molecule has 3 aromatic carbocycles. The first-order chi connectivity index (χ1) is 16.2. The number of hydrogen-bond acceptors (Lipinski definition) is 6. The van der Waals surface area contributed by atoms with Crippen molar-refractivity contribution in [2.24, 2.45) is 4.99 Å². The highest BCUT2D eigenvalue weighted by atomic mass is 16.6. The highest BCUT2D eigenvalue weighted by molar-refractivity contribution is 6.13. The van der Waals surface area contributed by atoms with E-state index in [0.717, 1.165) is 11.1 Å². The molecule has 0 aliphatic rings. The highest BCUT2D eigenvalue weighted by Gasteiger charge is 2.30. The number of nitro groups is 1. The lowest BCUT2D eigenvalue weighted by Gasteiger charge is -2.23. The van der Waals surface area contributed by atoms with Crippen LogP contribution in [0.4, 0.5) is 5.69 Å². The molecular weight excluding hydrogens is 432 g/mol. The van der Waals surface area contributed by atoms with Crippen molar-refractivity contribution in [1.82, 2.24) is 0 Å². The third kappa shape index (κ3) is 6.28. The molecule has 7 nitrogen and oxygen atoms in total. The molecule has 7 heteroatoms. The van der Waals surface area contributed by atoms with E-state index in [1.54, 1.807) is 32.9 Å². The average Bonchev–Trinajstić information content (AvgIpc) is 2.81. The first kappa shape index (κ1) is 24.6. The largest absolute Gasteiger partial charge is 0.496 e. The number of aliphatic imine (C=N–C) groups is 1. The van der Waals surface area contributed by atoms with E-state index in [-0.39, 0.29) is 17.7 Å². The zero-order chi connectivity index (χ0) is 24.7. The molecule has 34 heavy (non-hydrogen) atoms. The second-order valence-corrected chi connectivity index (χ2v) is 8.68. The number of carbonyl (C=O) groups excluding carboxylic acids is 1. The lowest BCUT2D eigenvalue weighted by Crippen LogP contribution is -2.33. The number of hydrogen-bond donors (Lipinski definition) is 0. The van der Waals surface area contributed by atoms with Gasteiger partial charge >= 0.3 is 5.97 Å². The topological polar surface area (TPSA) is 91.0 Å². The third-order valence-corrected chi connectivity index (χ3v) is 4.98. The molecule has 1 atom stereocenters. The summed E-state index contributed by atoms with van der Waals surface area (Å²) in [7, 11) is 1.44. The minimum absolute atomic E-state index is 0.0571. The molecule has 0 fully saturated rings. The molecule has 0 radical (unpaired) electrons. The molecule has 176 valence electrons. The van der Waals surface area contributed by atoms with E-state index in [1.807, 2.05) is 60.7 Å². The van der Waals surface area contributed by atoms with Gasteiger partial charge in [0.2, 0.25) is 0 Å². The van der Waals surface area contributed by atoms with E-state index >= 15 is 0 Å². The monoisotopic (exact) mass is 460 g/mol. The smallest absolute Gasteiger partial charge is 0.331 e. The molecule has 0 spiro atoms. The third-order valence-electron chi connectivity index (χ3n) is 4.98. The fraction of sp³-hybridized carbons (Fsp3) is 0.259. The van der Waals surface area contributed by atoms with Crippen molar-refractivity contribution in [3.8, 4) is 5.75 Å². The van der Waals surface area contributed by atoms with Crippen molar-refractivity contribution in [3.63, 3.8) is 0 Å². The number of ether oxygens (including phenoxy) is 2. The molecule has 0 unspecified atom stereocenters. The number of carbonyl (C=O) groups is 1. The molecule has 0 saturated heterocycles. The Kier molecular flexibility index (Phi) is 7.79. The van der Waals surface area contributed by atoms with Gasteiger partial charge in [-0.25, -0.2) is 4.79 Å². The molecule has 0 aromatic heterocycles. The van der Waals surface area contributed by atoms with E-state index < -0.39 is 22.5 Å². The second-order valence-electron chi connectivity index (χ2n) is 8.68. The summed E-state index contributed by atoms with van der Waals surface area (Å²) < 4.78 is 11.0. The number of rotatable bonds is 8. The van der Waals surface area contributed by atoms with Crippen molar-refractivity contribution in [1.29, 1.82) is 0 Å². The Morgan fingerprint density at radius 2 is 1.50 bits per heavy atom. The van der Waals surface area contributed by atoms with Crippen LogP contribution in [0.5, 0.6) is 5.75 Å². The lowest BCUT2D eigenvalue weighted by atomic mass is 9.99. The van der Waals surface area contributed by atoms with Crippen molar-refractivity contribution >= 4 is 17.4 Å². The van der Waals surface area contributed by atoms with E-state index in [0.29, 0.717) is 11.5 Å². The van der Waals surface area contributed by atoms with Crippen LogP contribution < -0.4 is 4.74 Å². The SMILES string of the molecule is COc1cccc([N+](=O)[O-])c1C[C@H](N=C(c1ccccc1)c1ccccc1)C(=O)OC(C)(C)C. The van der Waals surface area contributed by atoms with E-state index in [9.17, 15) is 14.9 Å². The first-order valence-electron chi connectivity index (χ1n) is 10.9. The number of esters is 1. The maximum atomic E-state index is 13.3. The zero-order valence-electron chi connectivity index (χ0n) is 19.7. The Bertz CT molecular complexity index is 1130. The van der Waals surface area contributed by atoms with Gasteiger partial charge in [-0.05, 0) is 26.8 Å². The van der Waals surface area contributed by atoms with Crippen LogP contribution >= 0.6 is 0 Å². The van der Waals surface area contributed by atoms with Crippen LogP contribution in [0.2, 0.25) is 0 Å². The Morgan fingerprint density at radius 3 is 1.97 bits per heavy atom. The van der Waals surface area contributed by atoms with Crippen LogP contribution in [0.1, 0.15) is 37.5 Å². The molecule has 3 aromatic rings. The standard InChI is InChI=1S/C27H28N2O5/c1-27(2,3)34-26(30)22(18-21-23(29(31)32)16-11-17-24(21)33-4)28-25(19-12-7-5-8-13-19)20-14-9-6-10-15-20/h5-17,22H,18H2,1-4H3/t22-/m0/s1. The van der Waals surface area contributed by atoms with Gasteiger partial charge in [0.05, 0.1) is 23.3 Å². The summed E-state index contributed by atoms with van der Waals surface area (Å²) in [6.45, 7) is 5.31. The van der Waals surface area contributed by atoms with Gasteiger partial charge in [0, 0.05) is 23.6 Å². The van der Waals surface area contributed by atoms with Crippen LogP contribution in [-0.4, -0.2) is 35.4 Å². The van der Waals surface area contributed by atoms with E-state index in [2.05, 4.69) is 0 Å². The summed E-state index contributed by atoms with van der Waals surface area (Å²) in [5, 5.41) is 11.7. The molecule has 0 amide bonds. The van der Waals surface area contributed by atoms with Crippen molar-refractivity contribution < 1.29 is 19.2 Å². The predicted octanol–water partition coefficient (Wildman–Crippen LogP) is 5.39. The van der Waals surface area contributed by atoms with E-state index in [4.69, 9.17) is 14.5 Å². The maximum Gasteiger partial charge on any atom is 0.331 e. The molecule has 0 bridgehead atoms. The van der Waals surface area contributed by atoms with Gasteiger partial charge in [0.25, 0.3) is 5.69 Å². The van der Waals surface area contributed by atoms with Crippen molar-refractivity contribution in [2.75, 3.05) is 7.11 Å². The predicted molar refractivity (Wildman–Crippen MR) is 132 cm³/mol. The minimum atomic E-state index is -1.04. The van der Waals surface area contributed by atoms with Crippen LogP contribution in [-0.2, 0) is 16.0 Å². The Hall–Kier alpha value is -4.00. The molecule has 0 aliphatic heterocycles. The zero-order valence-corrected chi connectivity index (χ0v) is 19.7. The first-order valence-corrected chi connectivity index (χ1v) is 10.9. The van der Waals surface area contributed by atoms with Crippen LogP contribution in [0.3, 0.4) is 0 Å². The molecule has 0 N–H and O–H groups in total. The molecule has 0 aliphatic carbocycles. The van der Waals surface area contributed by atoms with Crippen LogP contribution in [0.15, 0.2) is 83.9 Å². The van der Waals surface area contributed by atoms with Gasteiger partial charge in [-0.1, -0.05) is 66.7 Å². The minimum Gasteiger partial charge on any atom is -0.496 e. The van der Waals surface area contributed by atoms with Gasteiger partial charge in [-0.15, -0.1) is 0 Å². The van der Waals surface area contributed by atoms with Gasteiger partial charge in [-0.2, -0.15) is 0 Å². The Labute approximate surface area is 199 Å². The quantitative estimate of drug-likeness (QED) is 0.194.